The number of carbonyl (C=O) groups excluding carboxylic acids is 1. The summed E-state index contributed by atoms with van der Waals surface area (Å²) >= 11 is 1.76. The van der Waals surface area contributed by atoms with Gasteiger partial charge in [-0.2, -0.15) is 11.8 Å². The van der Waals surface area contributed by atoms with Gasteiger partial charge in [-0.05, 0) is 36.6 Å². The molecule has 1 aliphatic rings. The van der Waals surface area contributed by atoms with Gasteiger partial charge in [-0.15, -0.1) is 0 Å². The Morgan fingerprint density at radius 2 is 2.35 bits per heavy atom. The second-order valence-corrected chi connectivity index (χ2v) is 6.42. The van der Waals surface area contributed by atoms with Crippen molar-refractivity contribution in [1.29, 1.82) is 0 Å². The highest BCUT2D eigenvalue weighted by Crippen LogP contribution is 2.32. The highest BCUT2D eigenvalue weighted by molar-refractivity contribution is 7.99. The molecule has 2 heterocycles. The van der Waals surface area contributed by atoms with Crippen LogP contribution < -0.4 is 0 Å². The maximum atomic E-state index is 12.1. The average Bonchev–Trinajstić information content (AvgIpc) is 3.20. The summed E-state index contributed by atoms with van der Waals surface area (Å²) in [5.74, 6) is 2.79. The highest BCUT2D eigenvalue weighted by Gasteiger charge is 2.21. The Bertz CT molecular complexity index is 606. The van der Waals surface area contributed by atoms with Gasteiger partial charge < -0.3 is 9.30 Å². The summed E-state index contributed by atoms with van der Waals surface area (Å²) in [6.07, 6.45) is 6.52. The van der Waals surface area contributed by atoms with Gasteiger partial charge in [0.25, 0.3) is 0 Å². The minimum absolute atomic E-state index is 0.196. The van der Waals surface area contributed by atoms with Crippen LogP contribution >= 0.6 is 11.8 Å². The average molecular weight is 289 g/mol. The fourth-order valence-electron chi connectivity index (χ4n) is 2.14. The molecule has 0 aliphatic heterocycles. The number of pyridine rings is 1. The standard InChI is InChI=1S/C15H19N3OS/c1-17(15(19)11-20-10-12-5-6-12)9-13-8-16-14-4-2-3-7-18(13)14/h2-4,7-8,12H,5-6,9-11H2,1H3. The number of fused-ring (bicyclic) bond motifs is 1. The Balaban J connectivity index is 1.56. The van der Waals surface area contributed by atoms with Gasteiger partial charge in [-0.1, -0.05) is 6.07 Å². The lowest BCUT2D eigenvalue weighted by Crippen LogP contribution is -2.28. The molecule has 0 N–H and O–H groups in total. The van der Waals surface area contributed by atoms with Gasteiger partial charge in [-0.3, -0.25) is 4.79 Å². The number of aromatic nitrogens is 2. The predicted molar refractivity (Wildman–Crippen MR) is 81.7 cm³/mol. The van der Waals surface area contributed by atoms with Crippen LogP contribution in [-0.4, -0.2) is 38.7 Å². The van der Waals surface area contributed by atoms with Crippen molar-refractivity contribution in [3.63, 3.8) is 0 Å². The SMILES string of the molecule is CN(Cc1cnc2ccccn12)C(=O)CSCC1CC1. The molecule has 0 unspecified atom stereocenters. The van der Waals surface area contributed by atoms with E-state index in [0.717, 1.165) is 23.0 Å². The van der Waals surface area contributed by atoms with Gasteiger partial charge in [0, 0.05) is 13.2 Å². The minimum atomic E-state index is 0.196. The quantitative estimate of drug-likeness (QED) is 0.819. The Morgan fingerprint density at radius 3 is 3.15 bits per heavy atom. The van der Waals surface area contributed by atoms with Crippen molar-refractivity contribution in [1.82, 2.24) is 14.3 Å². The van der Waals surface area contributed by atoms with Crippen molar-refractivity contribution in [3.8, 4) is 0 Å². The van der Waals surface area contributed by atoms with E-state index in [1.54, 1.807) is 16.7 Å². The van der Waals surface area contributed by atoms with Crippen LogP contribution in [-0.2, 0) is 11.3 Å². The van der Waals surface area contributed by atoms with Crippen molar-refractivity contribution in [3.05, 3.63) is 36.3 Å². The van der Waals surface area contributed by atoms with Gasteiger partial charge in [0.1, 0.15) is 5.65 Å². The lowest BCUT2D eigenvalue weighted by atomic mass is 10.4. The van der Waals surface area contributed by atoms with Crippen LogP contribution in [0.5, 0.6) is 0 Å². The van der Waals surface area contributed by atoms with E-state index in [9.17, 15) is 4.79 Å². The molecule has 3 rings (SSSR count). The number of amides is 1. The zero-order chi connectivity index (χ0) is 13.9. The zero-order valence-corrected chi connectivity index (χ0v) is 12.5. The molecule has 2 aromatic rings. The number of thioether (sulfide) groups is 1. The summed E-state index contributed by atoms with van der Waals surface area (Å²) < 4.78 is 2.03. The molecule has 0 atom stereocenters. The second kappa shape index (κ2) is 5.87. The maximum absolute atomic E-state index is 12.1. The van der Waals surface area contributed by atoms with Crippen LogP contribution in [0.15, 0.2) is 30.6 Å². The van der Waals surface area contributed by atoms with Crippen molar-refractivity contribution < 1.29 is 4.79 Å². The van der Waals surface area contributed by atoms with E-state index >= 15 is 0 Å². The van der Waals surface area contributed by atoms with Crippen LogP contribution in [0.25, 0.3) is 5.65 Å². The van der Waals surface area contributed by atoms with Crippen LogP contribution in [0.3, 0.4) is 0 Å². The molecule has 1 saturated carbocycles. The molecule has 0 saturated heterocycles. The Morgan fingerprint density at radius 1 is 1.50 bits per heavy atom. The normalized spacial score (nSPS) is 14.7. The molecule has 2 aromatic heterocycles. The lowest BCUT2D eigenvalue weighted by Gasteiger charge is -2.16. The molecule has 20 heavy (non-hydrogen) atoms. The summed E-state index contributed by atoms with van der Waals surface area (Å²) in [5, 5.41) is 0. The number of imidazole rings is 1. The first-order valence-corrected chi connectivity index (χ1v) is 8.12. The fraction of sp³-hybridized carbons (Fsp3) is 0.467. The molecule has 0 radical (unpaired) electrons. The summed E-state index contributed by atoms with van der Waals surface area (Å²) in [5.41, 5.74) is 1.97. The second-order valence-electron chi connectivity index (χ2n) is 5.39. The van der Waals surface area contributed by atoms with Crippen molar-refractivity contribution >= 4 is 23.3 Å². The van der Waals surface area contributed by atoms with Crippen LogP contribution in [0.1, 0.15) is 18.5 Å². The number of hydrogen-bond acceptors (Lipinski definition) is 3. The first-order valence-electron chi connectivity index (χ1n) is 6.96. The van der Waals surface area contributed by atoms with Gasteiger partial charge in [0.05, 0.1) is 24.2 Å². The molecule has 0 aromatic carbocycles. The summed E-state index contributed by atoms with van der Waals surface area (Å²) in [7, 11) is 1.86. The van der Waals surface area contributed by atoms with E-state index in [1.807, 2.05) is 42.0 Å². The van der Waals surface area contributed by atoms with Gasteiger partial charge in [-0.25, -0.2) is 4.98 Å². The lowest BCUT2D eigenvalue weighted by molar-refractivity contribution is -0.127. The van der Waals surface area contributed by atoms with Gasteiger partial charge in [0.15, 0.2) is 0 Å². The molecular formula is C15H19N3OS. The van der Waals surface area contributed by atoms with E-state index < -0.39 is 0 Å². The van der Waals surface area contributed by atoms with Gasteiger partial charge >= 0.3 is 0 Å². The maximum Gasteiger partial charge on any atom is 0.232 e. The fourth-order valence-corrected chi connectivity index (χ4v) is 3.32. The molecule has 4 nitrogen and oxygen atoms in total. The van der Waals surface area contributed by atoms with Gasteiger partial charge in [0.2, 0.25) is 5.91 Å². The Hall–Kier alpha value is -1.49. The number of rotatable bonds is 6. The van der Waals surface area contributed by atoms with E-state index in [4.69, 9.17) is 0 Å². The predicted octanol–water partition coefficient (Wildman–Crippen LogP) is 2.44. The third kappa shape index (κ3) is 3.15. The van der Waals surface area contributed by atoms with Crippen LogP contribution in [0.2, 0.25) is 0 Å². The third-order valence-corrected chi connectivity index (χ3v) is 4.75. The van der Waals surface area contributed by atoms with E-state index in [1.165, 1.54) is 12.8 Å². The first kappa shape index (κ1) is 13.5. The number of hydrogen-bond donors (Lipinski definition) is 0. The summed E-state index contributed by atoms with van der Waals surface area (Å²) in [4.78, 5) is 18.2. The molecule has 0 bridgehead atoms. The minimum Gasteiger partial charge on any atom is -0.339 e. The zero-order valence-electron chi connectivity index (χ0n) is 11.7. The topological polar surface area (TPSA) is 37.6 Å². The van der Waals surface area contributed by atoms with Crippen molar-refractivity contribution in [2.75, 3.05) is 18.6 Å². The first-order chi connectivity index (χ1) is 9.74. The summed E-state index contributed by atoms with van der Waals surface area (Å²) in [6.45, 7) is 0.605. The molecule has 0 spiro atoms. The molecule has 1 amide bonds. The third-order valence-electron chi connectivity index (χ3n) is 3.59. The molecule has 5 heteroatoms. The Labute approximate surface area is 123 Å². The van der Waals surface area contributed by atoms with Crippen LogP contribution in [0.4, 0.5) is 0 Å². The smallest absolute Gasteiger partial charge is 0.232 e. The van der Waals surface area contributed by atoms with Crippen molar-refractivity contribution in [2.24, 2.45) is 5.92 Å². The number of nitrogens with zero attached hydrogens (tertiary/aromatic N) is 3. The number of carbonyl (C=O) groups is 1. The molecule has 1 fully saturated rings. The largest absolute Gasteiger partial charge is 0.339 e. The van der Waals surface area contributed by atoms with E-state index in [0.29, 0.717) is 12.3 Å². The summed E-state index contributed by atoms with van der Waals surface area (Å²) in [6, 6.07) is 5.91. The van der Waals surface area contributed by atoms with Crippen LogP contribution in [0, 0.1) is 5.92 Å². The van der Waals surface area contributed by atoms with E-state index in [-0.39, 0.29) is 5.91 Å². The highest BCUT2D eigenvalue weighted by atomic mass is 32.2. The monoisotopic (exact) mass is 289 g/mol. The molecule has 1 aliphatic carbocycles. The Kier molecular flexibility index (Phi) is 3.96. The van der Waals surface area contributed by atoms with E-state index in [2.05, 4.69) is 4.98 Å². The molecule has 106 valence electrons. The molecular weight excluding hydrogens is 270 g/mol. The van der Waals surface area contributed by atoms with Crippen molar-refractivity contribution in [2.45, 2.75) is 19.4 Å².